The van der Waals surface area contributed by atoms with Crippen LogP contribution in [0.2, 0.25) is 0 Å². The summed E-state index contributed by atoms with van der Waals surface area (Å²) < 4.78 is 136. The summed E-state index contributed by atoms with van der Waals surface area (Å²) in [6.45, 7) is 0. The molecule has 0 aliphatic heterocycles. The van der Waals surface area contributed by atoms with Gasteiger partial charge in [-0.1, -0.05) is 0 Å². The summed E-state index contributed by atoms with van der Waals surface area (Å²) in [4.78, 5) is 0. The summed E-state index contributed by atoms with van der Waals surface area (Å²) in [5.74, 6) is -7.06. The Morgan fingerprint density at radius 1 is 0.741 bits per heavy atom. The number of alkyl halides is 6. The molecule has 0 atom stereocenters. The minimum atomic E-state index is -7.01. The van der Waals surface area contributed by atoms with Crippen molar-refractivity contribution in [3.05, 3.63) is 0 Å². The molecule has 0 heterocycles. The van der Waals surface area contributed by atoms with E-state index in [-0.39, 0.29) is 11.8 Å². The van der Waals surface area contributed by atoms with Crippen LogP contribution in [0.3, 0.4) is 0 Å². The van der Waals surface area contributed by atoms with Gasteiger partial charge in [-0.05, 0) is 55.8 Å². The third-order valence-corrected chi connectivity index (χ3v) is 8.33. The van der Waals surface area contributed by atoms with E-state index in [2.05, 4.69) is 0 Å². The van der Waals surface area contributed by atoms with Crippen molar-refractivity contribution in [2.75, 3.05) is 0 Å². The Balaban J connectivity index is 1.89. The average Bonchev–Trinajstić information content (AvgIpc) is 2.48. The van der Waals surface area contributed by atoms with Crippen molar-refractivity contribution >= 4 is 20.1 Å². The molecular formula is C13H17F6NO5S2. The molecular weight excluding hydrogens is 428 g/mol. The van der Waals surface area contributed by atoms with Gasteiger partial charge in [0.15, 0.2) is 0 Å². The highest BCUT2D eigenvalue weighted by molar-refractivity contribution is 7.91. The quantitative estimate of drug-likeness (QED) is 0.483. The first-order valence-electron chi connectivity index (χ1n) is 8.13. The second-order valence-electron chi connectivity index (χ2n) is 7.66. The molecule has 2 N–H and O–H groups in total. The number of halogens is 6. The van der Waals surface area contributed by atoms with Crippen LogP contribution in [0.15, 0.2) is 0 Å². The van der Waals surface area contributed by atoms with E-state index in [0.29, 0.717) is 37.5 Å². The van der Waals surface area contributed by atoms with Crippen LogP contribution in [0, 0.1) is 23.7 Å². The highest BCUT2D eigenvalue weighted by Gasteiger charge is 2.82. The monoisotopic (exact) mass is 445 g/mol. The first-order valence-corrected chi connectivity index (χ1v) is 11.1. The standard InChI is InChI=1S/C13H17F6NO5S2/c14-11(15,13(18,19)27(23,24)25)12(16,17)26(21,22)20-10-8-2-6-1-7(4-8)5-9(10)3-6/h6-10,20H,1-5H2,(H,23,24,25). The normalized spacial score (nSPS) is 34.9. The number of rotatable bonds is 6. The van der Waals surface area contributed by atoms with E-state index in [4.69, 9.17) is 4.55 Å². The molecule has 0 aromatic heterocycles. The Kier molecular flexibility index (Phi) is 4.66. The predicted octanol–water partition coefficient (Wildman–Crippen LogP) is 2.44. The molecule has 4 rings (SSSR count). The molecule has 158 valence electrons. The Hall–Kier alpha value is -0.600. The van der Waals surface area contributed by atoms with Gasteiger partial charge in [-0.15, -0.1) is 0 Å². The van der Waals surface area contributed by atoms with E-state index in [0.717, 1.165) is 6.42 Å². The first-order chi connectivity index (χ1) is 12.0. The van der Waals surface area contributed by atoms with Gasteiger partial charge in [-0.3, -0.25) is 4.55 Å². The zero-order chi connectivity index (χ0) is 20.6. The third kappa shape index (κ3) is 2.97. The molecule has 4 aliphatic rings. The van der Waals surface area contributed by atoms with Crippen molar-refractivity contribution < 1.29 is 47.7 Å². The summed E-state index contributed by atoms with van der Waals surface area (Å²) in [6, 6.07) is -1.11. The van der Waals surface area contributed by atoms with Crippen LogP contribution in [-0.4, -0.2) is 43.9 Å². The summed E-state index contributed by atoms with van der Waals surface area (Å²) in [7, 11) is -13.4. The van der Waals surface area contributed by atoms with Gasteiger partial charge in [0.25, 0.3) is 10.0 Å². The van der Waals surface area contributed by atoms with E-state index < -0.39 is 42.6 Å². The molecule has 4 bridgehead atoms. The smallest absolute Gasteiger partial charge is 0.281 e. The van der Waals surface area contributed by atoms with Gasteiger partial charge >= 0.3 is 26.5 Å². The number of sulfonamides is 1. The summed E-state index contributed by atoms with van der Waals surface area (Å²) >= 11 is 0. The fourth-order valence-electron chi connectivity index (χ4n) is 4.87. The highest BCUT2D eigenvalue weighted by Crippen LogP contribution is 2.55. The lowest BCUT2D eigenvalue weighted by Gasteiger charge is -2.54. The zero-order valence-corrected chi connectivity index (χ0v) is 15.2. The van der Waals surface area contributed by atoms with E-state index >= 15 is 0 Å². The molecule has 0 unspecified atom stereocenters. The minimum Gasteiger partial charge on any atom is -0.281 e. The maximum Gasteiger partial charge on any atom is 0.439 e. The molecule has 4 aliphatic carbocycles. The van der Waals surface area contributed by atoms with Gasteiger partial charge < -0.3 is 0 Å². The Morgan fingerprint density at radius 2 is 1.15 bits per heavy atom. The lowest BCUT2D eigenvalue weighted by Crippen LogP contribution is -2.65. The van der Waals surface area contributed by atoms with Gasteiger partial charge in [-0.2, -0.15) is 34.8 Å². The van der Waals surface area contributed by atoms with E-state index in [9.17, 15) is 43.2 Å². The van der Waals surface area contributed by atoms with Gasteiger partial charge in [0, 0.05) is 6.04 Å². The Morgan fingerprint density at radius 3 is 1.52 bits per heavy atom. The summed E-state index contributed by atoms with van der Waals surface area (Å²) in [5, 5.41) is -13.2. The van der Waals surface area contributed by atoms with Crippen molar-refractivity contribution in [1.29, 1.82) is 0 Å². The molecule has 0 radical (unpaired) electrons. The third-order valence-electron chi connectivity index (χ3n) is 5.91. The fourth-order valence-corrected chi connectivity index (χ4v) is 6.74. The maximum atomic E-state index is 14.0. The second-order valence-corrected chi connectivity index (χ2v) is 10.9. The summed E-state index contributed by atoms with van der Waals surface area (Å²) in [6.07, 6.45) is 3.00. The molecule has 4 saturated carbocycles. The topological polar surface area (TPSA) is 101 Å². The first kappa shape index (κ1) is 21.1. The second kappa shape index (κ2) is 5.95. The van der Waals surface area contributed by atoms with Crippen LogP contribution in [0.25, 0.3) is 0 Å². The van der Waals surface area contributed by atoms with Crippen molar-refractivity contribution in [3.8, 4) is 0 Å². The molecule has 0 aromatic carbocycles. The van der Waals surface area contributed by atoms with E-state index in [1.54, 1.807) is 0 Å². The Bertz CT molecular complexity index is 800. The largest absolute Gasteiger partial charge is 0.439 e. The molecule has 0 aromatic rings. The molecule has 0 saturated heterocycles. The molecule has 0 amide bonds. The fraction of sp³-hybridized carbons (Fsp3) is 1.00. The van der Waals surface area contributed by atoms with E-state index in [1.807, 2.05) is 0 Å². The lowest BCUT2D eigenvalue weighted by molar-refractivity contribution is -0.246. The summed E-state index contributed by atoms with van der Waals surface area (Å²) in [5.41, 5.74) is 0. The number of hydrogen-bond acceptors (Lipinski definition) is 4. The minimum absolute atomic E-state index is 0.291. The van der Waals surface area contributed by atoms with Crippen LogP contribution in [0.1, 0.15) is 32.1 Å². The maximum absolute atomic E-state index is 14.0. The zero-order valence-electron chi connectivity index (χ0n) is 13.6. The predicted molar refractivity (Wildman–Crippen MR) is 79.3 cm³/mol. The highest BCUT2D eigenvalue weighted by atomic mass is 32.2. The Labute approximate surface area is 151 Å². The van der Waals surface area contributed by atoms with Crippen LogP contribution in [0.5, 0.6) is 0 Å². The van der Waals surface area contributed by atoms with Gasteiger partial charge in [-0.25, -0.2) is 13.1 Å². The van der Waals surface area contributed by atoms with Crippen LogP contribution in [-0.2, 0) is 20.1 Å². The number of hydrogen-bond donors (Lipinski definition) is 2. The van der Waals surface area contributed by atoms with Gasteiger partial charge in [0.2, 0.25) is 0 Å². The van der Waals surface area contributed by atoms with Crippen molar-refractivity contribution in [2.24, 2.45) is 23.7 Å². The van der Waals surface area contributed by atoms with Crippen molar-refractivity contribution in [1.82, 2.24) is 4.72 Å². The van der Waals surface area contributed by atoms with Gasteiger partial charge in [0.05, 0.1) is 0 Å². The molecule has 27 heavy (non-hydrogen) atoms. The SMILES string of the molecule is O=S(=O)(O)C(F)(F)C(F)(F)C(F)(F)S(=O)(=O)NC1C2CC3CC(C2)CC1C3. The van der Waals surface area contributed by atoms with Crippen LogP contribution in [0.4, 0.5) is 26.3 Å². The number of nitrogens with one attached hydrogen (secondary N) is 1. The van der Waals surface area contributed by atoms with E-state index in [1.165, 1.54) is 4.72 Å². The molecule has 4 fully saturated rings. The molecule has 0 spiro atoms. The molecule has 14 heteroatoms. The van der Waals surface area contributed by atoms with Crippen LogP contribution >= 0.6 is 0 Å². The van der Waals surface area contributed by atoms with Crippen molar-refractivity contribution in [3.63, 3.8) is 0 Å². The lowest BCUT2D eigenvalue weighted by atomic mass is 9.54. The average molecular weight is 445 g/mol. The van der Waals surface area contributed by atoms with Crippen LogP contribution < -0.4 is 4.72 Å². The van der Waals surface area contributed by atoms with Gasteiger partial charge in [0.1, 0.15) is 0 Å². The molecule has 6 nitrogen and oxygen atoms in total. The van der Waals surface area contributed by atoms with Crippen molar-refractivity contribution in [2.45, 2.75) is 54.6 Å².